The van der Waals surface area contributed by atoms with Gasteiger partial charge < -0.3 is 9.47 Å². The molecule has 9 heteroatoms. The maximum atomic E-state index is 13.3. The smallest absolute Gasteiger partial charge is 0.438 e. The molecule has 1 N–H and O–H groups in total. The van der Waals surface area contributed by atoms with Crippen LogP contribution in [-0.4, -0.2) is 18.4 Å². The summed E-state index contributed by atoms with van der Waals surface area (Å²) < 4.78 is 50.3. The van der Waals surface area contributed by atoms with Crippen LogP contribution in [0.15, 0.2) is 40.9 Å². The van der Waals surface area contributed by atoms with Gasteiger partial charge in [0.15, 0.2) is 0 Å². The molecule has 0 atom stereocenters. The van der Waals surface area contributed by atoms with E-state index in [1.54, 1.807) is 25.1 Å². The predicted octanol–water partition coefficient (Wildman–Crippen LogP) is 5.57. The van der Waals surface area contributed by atoms with Crippen LogP contribution in [0.5, 0.6) is 5.75 Å². The summed E-state index contributed by atoms with van der Waals surface area (Å²) in [7, 11) is 1.09. The van der Waals surface area contributed by atoms with Crippen molar-refractivity contribution < 1.29 is 32.6 Å². The van der Waals surface area contributed by atoms with Gasteiger partial charge in [-0.3, -0.25) is 5.21 Å². The molecule has 0 radical (unpaired) electrons. The number of hydrogen-bond donors (Lipinski definition) is 1. The minimum atomic E-state index is -4.58. The molecule has 146 valence electrons. The monoisotopic (exact) mass is 447 g/mol. The lowest BCUT2D eigenvalue weighted by molar-refractivity contribution is -0.139. The van der Waals surface area contributed by atoms with Crippen molar-refractivity contribution in [1.29, 1.82) is 0 Å². The maximum Gasteiger partial charge on any atom is 0.438 e. The third-order valence-corrected chi connectivity index (χ3v) is 4.54. The van der Waals surface area contributed by atoms with Gasteiger partial charge >= 0.3 is 12.3 Å². The summed E-state index contributed by atoms with van der Waals surface area (Å²) in [6.45, 7) is 1.44. The Morgan fingerprint density at radius 3 is 2.56 bits per heavy atom. The molecular formula is C18H17BrF3NO4. The highest BCUT2D eigenvalue weighted by Gasteiger charge is 2.34. The summed E-state index contributed by atoms with van der Waals surface area (Å²) in [6.07, 6.45) is -5.17. The second-order valence-corrected chi connectivity index (χ2v) is 6.34. The summed E-state index contributed by atoms with van der Waals surface area (Å²) in [6, 6.07) is 8.42. The molecular weight excluding hydrogens is 431 g/mol. The zero-order chi connectivity index (χ0) is 20.2. The molecule has 0 fully saturated rings. The number of hydroxylamine groups is 1. The topological polar surface area (TPSA) is 59.0 Å². The Bertz CT molecular complexity index is 827. The molecule has 0 saturated carbocycles. The first-order valence-corrected chi connectivity index (χ1v) is 8.65. The standard InChI is InChI=1S/C18H17BrF3NO4/c1-3-11-7-8-16(13(9-11)18(20,21)22)27-10-12-14(19)5-4-6-15(12)23(25)17(24)26-2/h4-9,25H,3,10H2,1-2H3. The van der Waals surface area contributed by atoms with Crippen molar-refractivity contribution in [3.8, 4) is 5.75 Å². The average Bonchev–Trinajstić information content (AvgIpc) is 2.64. The highest BCUT2D eigenvalue weighted by atomic mass is 79.9. The fourth-order valence-electron chi connectivity index (χ4n) is 2.37. The quantitative estimate of drug-likeness (QED) is 0.480. The molecule has 1 amide bonds. The number of carbonyl (C=O) groups excluding carboxylic acids is 1. The highest BCUT2D eigenvalue weighted by molar-refractivity contribution is 9.10. The number of halogens is 4. The van der Waals surface area contributed by atoms with E-state index in [0.29, 0.717) is 16.5 Å². The number of ether oxygens (including phenoxy) is 2. The number of amides is 1. The normalized spacial score (nSPS) is 11.2. The van der Waals surface area contributed by atoms with Crippen LogP contribution in [0.3, 0.4) is 0 Å². The molecule has 0 aromatic heterocycles. The number of rotatable bonds is 5. The van der Waals surface area contributed by atoms with Crippen LogP contribution in [0.25, 0.3) is 0 Å². The average molecular weight is 448 g/mol. The summed E-state index contributed by atoms with van der Waals surface area (Å²) in [4.78, 5) is 11.6. The van der Waals surface area contributed by atoms with Crippen molar-refractivity contribution >= 4 is 27.7 Å². The van der Waals surface area contributed by atoms with Crippen LogP contribution < -0.4 is 9.80 Å². The minimum Gasteiger partial charge on any atom is -0.488 e. The lowest BCUT2D eigenvalue weighted by Gasteiger charge is -2.20. The third kappa shape index (κ3) is 4.92. The fourth-order valence-corrected chi connectivity index (χ4v) is 2.84. The van der Waals surface area contributed by atoms with Gasteiger partial charge in [-0.15, -0.1) is 0 Å². The van der Waals surface area contributed by atoms with Gasteiger partial charge in [0.05, 0.1) is 18.4 Å². The highest BCUT2D eigenvalue weighted by Crippen LogP contribution is 2.38. The predicted molar refractivity (Wildman–Crippen MR) is 96.0 cm³/mol. The van der Waals surface area contributed by atoms with Gasteiger partial charge in [-0.05, 0) is 36.2 Å². The zero-order valence-electron chi connectivity index (χ0n) is 14.5. The van der Waals surface area contributed by atoms with E-state index in [9.17, 15) is 23.2 Å². The first kappa shape index (κ1) is 21.0. The molecule has 0 heterocycles. The molecule has 0 spiro atoms. The molecule has 0 aliphatic heterocycles. The van der Waals surface area contributed by atoms with Crippen LogP contribution in [0.2, 0.25) is 0 Å². The lowest BCUT2D eigenvalue weighted by atomic mass is 10.1. The maximum absolute atomic E-state index is 13.3. The SMILES string of the molecule is CCc1ccc(OCc2c(Br)cccc2N(O)C(=O)OC)c(C(F)(F)F)c1. The number of methoxy groups -OCH3 is 1. The van der Waals surface area contributed by atoms with Crippen LogP contribution in [0.1, 0.15) is 23.6 Å². The van der Waals surface area contributed by atoms with Crippen molar-refractivity contribution in [3.05, 3.63) is 57.6 Å². The molecule has 2 aromatic carbocycles. The molecule has 0 unspecified atom stereocenters. The van der Waals surface area contributed by atoms with Crippen LogP contribution in [-0.2, 0) is 23.9 Å². The fraction of sp³-hybridized carbons (Fsp3) is 0.278. The minimum absolute atomic E-state index is 0.0231. The van der Waals surface area contributed by atoms with Crippen molar-refractivity contribution in [2.75, 3.05) is 12.2 Å². The number of carbonyl (C=O) groups is 1. The van der Waals surface area contributed by atoms with E-state index in [0.717, 1.165) is 13.2 Å². The number of anilines is 1. The molecule has 0 aliphatic rings. The second kappa shape index (κ2) is 8.62. The van der Waals surface area contributed by atoms with Crippen molar-refractivity contribution in [2.24, 2.45) is 0 Å². The van der Waals surface area contributed by atoms with E-state index < -0.39 is 17.8 Å². The molecule has 0 bridgehead atoms. The van der Waals surface area contributed by atoms with Gasteiger partial charge in [-0.2, -0.15) is 18.2 Å². The molecule has 5 nitrogen and oxygen atoms in total. The zero-order valence-corrected chi connectivity index (χ0v) is 16.1. The van der Waals surface area contributed by atoms with E-state index in [4.69, 9.17) is 4.74 Å². The number of nitrogens with zero attached hydrogens (tertiary/aromatic N) is 1. The Morgan fingerprint density at radius 1 is 1.26 bits per heavy atom. The Balaban J connectivity index is 2.36. The Morgan fingerprint density at radius 2 is 1.96 bits per heavy atom. The number of alkyl halides is 3. The molecule has 0 aliphatic carbocycles. The van der Waals surface area contributed by atoms with E-state index >= 15 is 0 Å². The number of hydrogen-bond acceptors (Lipinski definition) is 4. The molecule has 0 saturated heterocycles. The summed E-state index contributed by atoms with van der Waals surface area (Å²) in [5.74, 6) is -0.344. The van der Waals surface area contributed by atoms with Gasteiger partial charge in [-0.25, -0.2) is 4.79 Å². The van der Waals surface area contributed by atoms with E-state index in [2.05, 4.69) is 20.7 Å². The Labute approximate surface area is 162 Å². The van der Waals surface area contributed by atoms with E-state index in [-0.39, 0.29) is 28.7 Å². The summed E-state index contributed by atoms with van der Waals surface area (Å²) >= 11 is 3.25. The van der Waals surface area contributed by atoms with Crippen LogP contribution >= 0.6 is 15.9 Å². The van der Waals surface area contributed by atoms with Crippen molar-refractivity contribution in [3.63, 3.8) is 0 Å². The Kier molecular flexibility index (Phi) is 6.72. The van der Waals surface area contributed by atoms with E-state index in [1.165, 1.54) is 12.1 Å². The van der Waals surface area contributed by atoms with Crippen molar-refractivity contribution in [2.45, 2.75) is 26.1 Å². The molecule has 2 rings (SSSR count). The number of aryl methyl sites for hydroxylation is 1. The van der Waals surface area contributed by atoms with Gasteiger partial charge in [0.25, 0.3) is 0 Å². The lowest BCUT2D eigenvalue weighted by Crippen LogP contribution is -2.28. The molecule has 27 heavy (non-hydrogen) atoms. The van der Waals surface area contributed by atoms with Crippen LogP contribution in [0, 0.1) is 0 Å². The van der Waals surface area contributed by atoms with Gasteiger partial charge in [0.2, 0.25) is 0 Å². The first-order valence-electron chi connectivity index (χ1n) is 7.86. The van der Waals surface area contributed by atoms with Crippen LogP contribution in [0.4, 0.5) is 23.7 Å². The van der Waals surface area contributed by atoms with Crippen molar-refractivity contribution in [1.82, 2.24) is 0 Å². The van der Waals surface area contributed by atoms with E-state index in [1.807, 2.05) is 0 Å². The number of benzene rings is 2. The van der Waals surface area contributed by atoms with Gasteiger partial charge in [-0.1, -0.05) is 35.0 Å². The third-order valence-electron chi connectivity index (χ3n) is 3.80. The first-order chi connectivity index (χ1) is 12.7. The second-order valence-electron chi connectivity index (χ2n) is 5.49. The van der Waals surface area contributed by atoms with Gasteiger partial charge in [0.1, 0.15) is 12.4 Å². The summed E-state index contributed by atoms with van der Waals surface area (Å²) in [5.41, 5.74) is -0.0548. The van der Waals surface area contributed by atoms with Gasteiger partial charge in [0, 0.05) is 10.0 Å². The largest absolute Gasteiger partial charge is 0.488 e. The Hall–Kier alpha value is -2.26. The summed E-state index contributed by atoms with van der Waals surface area (Å²) in [5, 5.41) is 10.2. The molecule has 2 aromatic rings.